The van der Waals surface area contributed by atoms with Crippen LogP contribution < -0.4 is 11.3 Å². The number of nitrogens with two attached hydrogens (primary N) is 1. The van der Waals surface area contributed by atoms with Crippen molar-refractivity contribution in [3.05, 3.63) is 64.0 Å². The first-order chi connectivity index (χ1) is 9.29. The molecule has 3 aromatic rings. The van der Waals surface area contributed by atoms with Crippen molar-refractivity contribution in [1.82, 2.24) is 10.4 Å². The average molecular weight is 269 g/mol. The number of thiophene rings is 1. The fraction of sp³-hybridized carbons (Fsp3) is 0.133. The molecule has 96 valence electrons. The predicted molar refractivity (Wildman–Crippen MR) is 80.0 cm³/mol. The number of aryl methyl sites for hydroxylation is 1. The summed E-state index contributed by atoms with van der Waals surface area (Å²) in [7, 11) is 0. The zero-order valence-corrected chi connectivity index (χ0v) is 11.4. The first kappa shape index (κ1) is 12.3. The fourth-order valence-electron chi connectivity index (χ4n) is 2.22. The Morgan fingerprint density at radius 3 is 2.74 bits per heavy atom. The van der Waals surface area contributed by atoms with Crippen LogP contribution in [0.1, 0.15) is 22.2 Å². The number of pyridine rings is 1. The van der Waals surface area contributed by atoms with Crippen LogP contribution >= 0.6 is 11.3 Å². The molecule has 0 fully saturated rings. The second-order valence-electron chi connectivity index (χ2n) is 4.50. The van der Waals surface area contributed by atoms with E-state index in [0.29, 0.717) is 0 Å². The zero-order chi connectivity index (χ0) is 13.2. The van der Waals surface area contributed by atoms with Crippen LogP contribution in [0.3, 0.4) is 0 Å². The van der Waals surface area contributed by atoms with Gasteiger partial charge in [0.15, 0.2) is 0 Å². The van der Waals surface area contributed by atoms with E-state index in [2.05, 4.69) is 35.9 Å². The van der Waals surface area contributed by atoms with Gasteiger partial charge in [-0.25, -0.2) is 5.43 Å². The molecule has 3 nitrogen and oxygen atoms in total. The molecule has 4 heteroatoms. The number of para-hydroxylation sites is 1. The van der Waals surface area contributed by atoms with Crippen LogP contribution in [0.15, 0.2) is 47.8 Å². The Labute approximate surface area is 116 Å². The minimum atomic E-state index is -0.0513. The number of hydrogen-bond acceptors (Lipinski definition) is 4. The van der Waals surface area contributed by atoms with Gasteiger partial charge in [-0.15, -0.1) is 11.3 Å². The number of aromatic nitrogens is 1. The maximum Gasteiger partial charge on any atom is 0.0975 e. The molecule has 0 bridgehead atoms. The van der Waals surface area contributed by atoms with Crippen LogP contribution in [0.2, 0.25) is 0 Å². The maximum atomic E-state index is 5.73. The van der Waals surface area contributed by atoms with Gasteiger partial charge in [-0.05, 0) is 36.1 Å². The van der Waals surface area contributed by atoms with Gasteiger partial charge < -0.3 is 0 Å². The highest BCUT2D eigenvalue weighted by Crippen LogP contribution is 2.28. The van der Waals surface area contributed by atoms with Gasteiger partial charge in [0.25, 0.3) is 0 Å². The summed E-state index contributed by atoms with van der Waals surface area (Å²) in [6, 6.07) is 14.3. The molecule has 0 aliphatic carbocycles. The highest BCUT2D eigenvalue weighted by Gasteiger charge is 2.17. The third-order valence-corrected chi connectivity index (χ3v) is 4.33. The molecule has 0 saturated heterocycles. The summed E-state index contributed by atoms with van der Waals surface area (Å²) in [6.07, 6.45) is 0. The molecule has 2 aromatic heterocycles. The van der Waals surface area contributed by atoms with E-state index in [1.807, 2.05) is 24.3 Å². The van der Waals surface area contributed by atoms with Gasteiger partial charge in [0.2, 0.25) is 0 Å². The normalized spacial score (nSPS) is 12.7. The summed E-state index contributed by atoms with van der Waals surface area (Å²) < 4.78 is 0. The molecule has 0 radical (unpaired) electrons. The zero-order valence-electron chi connectivity index (χ0n) is 10.6. The predicted octanol–water partition coefficient (Wildman–Crippen LogP) is 3.16. The Bertz CT molecular complexity index is 705. The molecule has 1 aromatic carbocycles. The van der Waals surface area contributed by atoms with E-state index in [0.717, 1.165) is 16.6 Å². The first-order valence-electron chi connectivity index (χ1n) is 6.15. The van der Waals surface area contributed by atoms with E-state index in [4.69, 9.17) is 10.8 Å². The lowest BCUT2D eigenvalue weighted by atomic mass is 10.1. The second kappa shape index (κ2) is 5.09. The monoisotopic (exact) mass is 269 g/mol. The third kappa shape index (κ3) is 2.26. The molecule has 3 rings (SSSR count). The molecule has 0 aliphatic heterocycles. The number of benzene rings is 1. The highest BCUT2D eigenvalue weighted by molar-refractivity contribution is 7.10. The van der Waals surface area contributed by atoms with Crippen LogP contribution in [0.5, 0.6) is 0 Å². The molecule has 19 heavy (non-hydrogen) atoms. The number of nitrogens with one attached hydrogen (secondary N) is 1. The highest BCUT2D eigenvalue weighted by atomic mass is 32.1. The van der Waals surface area contributed by atoms with Crippen molar-refractivity contribution in [1.29, 1.82) is 0 Å². The van der Waals surface area contributed by atoms with E-state index in [-0.39, 0.29) is 6.04 Å². The first-order valence-corrected chi connectivity index (χ1v) is 7.03. The maximum absolute atomic E-state index is 5.73. The van der Waals surface area contributed by atoms with Crippen LogP contribution in [-0.2, 0) is 0 Å². The minimum absolute atomic E-state index is 0.0513. The number of nitrogens with zero attached hydrogens (tertiary/aromatic N) is 1. The molecule has 2 heterocycles. The molecule has 0 aliphatic rings. The van der Waals surface area contributed by atoms with Gasteiger partial charge in [-0.1, -0.05) is 24.3 Å². The Morgan fingerprint density at radius 1 is 1.16 bits per heavy atom. The van der Waals surface area contributed by atoms with Crippen molar-refractivity contribution in [3.63, 3.8) is 0 Å². The largest absolute Gasteiger partial charge is 0.270 e. The molecule has 0 spiro atoms. The van der Waals surface area contributed by atoms with Crippen molar-refractivity contribution in [2.24, 2.45) is 5.84 Å². The Balaban J connectivity index is 2.09. The minimum Gasteiger partial charge on any atom is -0.270 e. The standard InChI is InChI=1S/C15H15N3S/c1-10-8-9-19-15(10)14(18-16)13-7-6-11-4-2-3-5-12(11)17-13/h2-9,14,18H,16H2,1H3. The van der Waals surface area contributed by atoms with E-state index < -0.39 is 0 Å². The lowest BCUT2D eigenvalue weighted by Crippen LogP contribution is -2.29. The average Bonchev–Trinajstić information content (AvgIpc) is 2.86. The van der Waals surface area contributed by atoms with Crippen LogP contribution in [0.4, 0.5) is 0 Å². The van der Waals surface area contributed by atoms with Gasteiger partial charge in [0.05, 0.1) is 17.3 Å². The van der Waals surface area contributed by atoms with E-state index >= 15 is 0 Å². The van der Waals surface area contributed by atoms with Gasteiger partial charge >= 0.3 is 0 Å². The summed E-state index contributed by atoms with van der Waals surface area (Å²) in [5, 5.41) is 3.22. The summed E-state index contributed by atoms with van der Waals surface area (Å²) in [5.74, 6) is 5.73. The lowest BCUT2D eigenvalue weighted by molar-refractivity contribution is 0.630. The summed E-state index contributed by atoms with van der Waals surface area (Å²) in [5.41, 5.74) is 6.06. The van der Waals surface area contributed by atoms with Crippen molar-refractivity contribution in [3.8, 4) is 0 Å². The fourth-order valence-corrected chi connectivity index (χ4v) is 3.22. The van der Waals surface area contributed by atoms with Crippen LogP contribution in [-0.4, -0.2) is 4.98 Å². The topological polar surface area (TPSA) is 50.9 Å². The van der Waals surface area contributed by atoms with Gasteiger partial charge in [-0.2, -0.15) is 0 Å². The smallest absolute Gasteiger partial charge is 0.0975 e. The van der Waals surface area contributed by atoms with Crippen molar-refractivity contribution >= 4 is 22.2 Å². The van der Waals surface area contributed by atoms with Crippen molar-refractivity contribution in [2.75, 3.05) is 0 Å². The van der Waals surface area contributed by atoms with E-state index in [9.17, 15) is 0 Å². The number of fused-ring (bicyclic) bond motifs is 1. The Hall–Kier alpha value is -1.75. The lowest BCUT2D eigenvalue weighted by Gasteiger charge is -2.15. The second-order valence-corrected chi connectivity index (χ2v) is 5.44. The van der Waals surface area contributed by atoms with Crippen LogP contribution in [0.25, 0.3) is 10.9 Å². The molecule has 1 unspecified atom stereocenters. The Kier molecular flexibility index (Phi) is 3.29. The molecular formula is C15H15N3S. The molecule has 0 amide bonds. The Morgan fingerprint density at radius 2 is 2.00 bits per heavy atom. The van der Waals surface area contributed by atoms with Gasteiger partial charge in [-0.3, -0.25) is 10.8 Å². The quantitative estimate of drug-likeness (QED) is 0.567. The van der Waals surface area contributed by atoms with Gasteiger partial charge in [0, 0.05) is 10.3 Å². The third-order valence-electron chi connectivity index (χ3n) is 3.25. The summed E-state index contributed by atoms with van der Waals surface area (Å²) in [4.78, 5) is 5.92. The SMILES string of the molecule is Cc1ccsc1C(NN)c1ccc2ccccc2n1. The number of hydrogen-bond donors (Lipinski definition) is 2. The molecule has 1 atom stereocenters. The van der Waals surface area contributed by atoms with Crippen molar-refractivity contribution in [2.45, 2.75) is 13.0 Å². The summed E-state index contributed by atoms with van der Waals surface area (Å²) in [6.45, 7) is 2.09. The number of hydrazine groups is 1. The van der Waals surface area contributed by atoms with E-state index in [1.165, 1.54) is 10.4 Å². The number of rotatable bonds is 3. The summed E-state index contributed by atoms with van der Waals surface area (Å²) >= 11 is 1.70. The van der Waals surface area contributed by atoms with Crippen molar-refractivity contribution < 1.29 is 0 Å². The molecular weight excluding hydrogens is 254 g/mol. The molecule has 3 N–H and O–H groups in total. The van der Waals surface area contributed by atoms with Gasteiger partial charge in [0.1, 0.15) is 0 Å². The molecule has 0 saturated carbocycles. The van der Waals surface area contributed by atoms with E-state index in [1.54, 1.807) is 11.3 Å². The van der Waals surface area contributed by atoms with Crippen LogP contribution in [0, 0.1) is 6.92 Å².